The second-order valence-corrected chi connectivity index (χ2v) is 12.1. The van der Waals surface area contributed by atoms with Crippen LogP contribution in [0.5, 0.6) is 0 Å². The van der Waals surface area contributed by atoms with Gasteiger partial charge in [-0.25, -0.2) is 4.39 Å². The quantitative estimate of drug-likeness (QED) is 0.304. The molecule has 4 heterocycles. The summed E-state index contributed by atoms with van der Waals surface area (Å²) in [5.74, 6) is -0.286. The predicted octanol–water partition coefficient (Wildman–Crippen LogP) is 2.96. The van der Waals surface area contributed by atoms with Crippen LogP contribution >= 0.6 is 0 Å². The van der Waals surface area contributed by atoms with Gasteiger partial charge in [0.05, 0.1) is 22.7 Å². The predicted molar refractivity (Wildman–Crippen MR) is 165 cm³/mol. The van der Waals surface area contributed by atoms with E-state index in [2.05, 4.69) is 55.0 Å². The zero-order valence-corrected chi connectivity index (χ0v) is 24.4. The largest absolute Gasteiger partial charge is 0.380 e. The summed E-state index contributed by atoms with van der Waals surface area (Å²) in [4.78, 5) is 41.9. The van der Waals surface area contributed by atoms with Gasteiger partial charge in [0.15, 0.2) is 0 Å². The summed E-state index contributed by atoms with van der Waals surface area (Å²) < 4.78 is 15.6. The van der Waals surface area contributed by atoms with Gasteiger partial charge in [-0.3, -0.25) is 24.6 Å². The van der Waals surface area contributed by atoms with Gasteiger partial charge in [-0.2, -0.15) is 9.94 Å². The molecule has 3 unspecified atom stereocenters. The average Bonchev–Trinajstić information content (AvgIpc) is 3.60. The van der Waals surface area contributed by atoms with Crippen molar-refractivity contribution < 1.29 is 14.0 Å². The molecular formula is C33H31FN8O3. The Labute approximate surface area is 258 Å². The van der Waals surface area contributed by atoms with E-state index in [1.807, 2.05) is 6.07 Å². The SMILES string of the molecule is N#Cc1ccc(N2CC3CN(Cc4ccc(CNc5cccc6nnn(C7CCC(=O)NC7=O)c(=O)c56)cc4)CC3C2)c(F)c1. The van der Waals surface area contributed by atoms with Crippen LogP contribution in [0.3, 0.4) is 0 Å². The first-order valence-electron chi connectivity index (χ1n) is 15.1. The summed E-state index contributed by atoms with van der Waals surface area (Å²) in [5.41, 5.74) is 3.75. The molecule has 228 valence electrons. The molecule has 45 heavy (non-hydrogen) atoms. The molecule has 0 saturated carbocycles. The summed E-state index contributed by atoms with van der Waals surface area (Å²) in [6.07, 6.45) is 0.333. The number of hydrogen-bond donors (Lipinski definition) is 2. The van der Waals surface area contributed by atoms with E-state index in [9.17, 15) is 18.8 Å². The Morgan fingerprint density at radius 2 is 1.73 bits per heavy atom. The molecule has 7 rings (SSSR count). The molecule has 2 amide bonds. The van der Waals surface area contributed by atoms with Crippen LogP contribution < -0.4 is 21.1 Å². The zero-order chi connectivity index (χ0) is 31.1. The summed E-state index contributed by atoms with van der Waals surface area (Å²) in [6, 6.07) is 19.5. The number of benzene rings is 3. The van der Waals surface area contributed by atoms with Crippen molar-refractivity contribution >= 4 is 34.1 Å². The number of hydrogen-bond acceptors (Lipinski definition) is 9. The lowest BCUT2D eigenvalue weighted by Crippen LogP contribution is -2.45. The molecule has 0 bridgehead atoms. The van der Waals surface area contributed by atoms with Gasteiger partial charge in [0.2, 0.25) is 5.91 Å². The molecule has 0 spiro atoms. The highest BCUT2D eigenvalue weighted by Crippen LogP contribution is 2.35. The minimum absolute atomic E-state index is 0.136. The number of anilines is 2. The highest BCUT2D eigenvalue weighted by atomic mass is 19.1. The highest BCUT2D eigenvalue weighted by Gasteiger charge is 2.40. The molecule has 0 radical (unpaired) electrons. The number of aromatic nitrogens is 3. The Hall–Kier alpha value is -5.15. The number of amides is 2. The second-order valence-electron chi connectivity index (χ2n) is 12.1. The van der Waals surface area contributed by atoms with Crippen LogP contribution in [0, 0.1) is 29.0 Å². The summed E-state index contributed by atoms with van der Waals surface area (Å²) in [7, 11) is 0. The fourth-order valence-corrected chi connectivity index (χ4v) is 6.83. The van der Waals surface area contributed by atoms with Crippen LogP contribution in [0.1, 0.15) is 35.6 Å². The molecule has 11 nitrogen and oxygen atoms in total. The smallest absolute Gasteiger partial charge is 0.280 e. The van der Waals surface area contributed by atoms with Crippen LogP contribution in [0.4, 0.5) is 15.8 Å². The fourth-order valence-electron chi connectivity index (χ4n) is 6.83. The van der Waals surface area contributed by atoms with E-state index in [1.54, 1.807) is 30.3 Å². The second kappa shape index (κ2) is 11.7. The number of nitrogens with zero attached hydrogens (tertiary/aromatic N) is 6. The average molecular weight is 607 g/mol. The molecule has 12 heteroatoms. The number of carbonyl (C=O) groups excluding carboxylic acids is 2. The number of imide groups is 1. The van der Waals surface area contributed by atoms with E-state index in [-0.39, 0.29) is 24.6 Å². The van der Waals surface area contributed by atoms with Gasteiger partial charge in [-0.1, -0.05) is 35.5 Å². The zero-order valence-electron chi connectivity index (χ0n) is 24.4. The van der Waals surface area contributed by atoms with Crippen molar-refractivity contribution in [2.45, 2.75) is 32.0 Å². The number of nitriles is 1. The molecule has 3 aliphatic rings. The van der Waals surface area contributed by atoms with Gasteiger partial charge < -0.3 is 10.2 Å². The van der Waals surface area contributed by atoms with Crippen LogP contribution in [-0.4, -0.2) is 57.9 Å². The van der Waals surface area contributed by atoms with Gasteiger partial charge in [-0.15, -0.1) is 5.10 Å². The molecule has 2 N–H and O–H groups in total. The maximum atomic E-state index is 14.6. The lowest BCUT2D eigenvalue weighted by molar-refractivity contribution is -0.136. The Bertz CT molecular complexity index is 1890. The monoisotopic (exact) mass is 606 g/mol. The maximum absolute atomic E-state index is 14.6. The van der Waals surface area contributed by atoms with Gasteiger partial charge in [0.25, 0.3) is 11.5 Å². The lowest BCUT2D eigenvalue weighted by Gasteiger charge is -2.23. The Balaban J connectivity index is 0.969. The van der Waals surface area contributed by atoms with Gasteiger partial charge >= 0.3 is 0 Å². The molecule has 3 saturated heterocycles. The van der Waals surface area contributed by atoms with E-state index in [0.29, 0.717) is 46.2 Å². The molecule has 3 fully saturated rings. The summed E-state index contributed by atoms with van der Waals surface area (Å²) in [5, 5.41) is 23.1. The summed E-state index contributed by atoms with van der Waals surface area (Å²) in [6.45, 7) is 4.87. The van der Waals surface area contributed by atoms with Crippen LogP contribution in [-0.2, 0) is 22.7 Å². The first-order valence-corrected chi connectivity index (χ1v) is 15.1. The van der Waals surface area contributed by atoms with E-state index < -0.39 is 17.5 Å². The highest BCUT2D eigenvalue weighted by molar-refractivity contribution is 5.99. The lowest BCUT2D eigenvalue weighted by atomic mass is 10.0. The van der Waals surface area contributed by atoms with E-state index in [0.717, 1.165) is 43.0 Å². The van der Waals surface area contributed by atoms with E-state index in [4.69, 9.17) is 5.26 Å². The third kappa shape index (κ3) is 5.62. The Morgan fingerprint density at radius 1 is 0.978 bits per heavy atom. The van der Waals surface area contributed by atoms with Crippen molar-refractivity contribution in [2.24, 2.45) is 11.8 Å². The van der Waals surface area contributed by atoms with Crippen molar-refractivity contribution in [3.63, 3.8) is 0 Å². The Morgan fingerprint density at radius 3 is 2.44 bits per heavy atom. The molecule has 3 aromatic carbocycles. The molecule has 3 aliphatic heterocycles. The minimum atomic E-state index is -0.882. The molecule has 3 atom stereocenters. The van der Waals surface area contributed by atoms with Gasteiger partial charge in [0.1, 0.15) is 17.4 Å². The molecular weight excluding hydrogens is 575 g/mol. The number of rotatable bonds is 7. The fraction of sp³-hybridized carbons (Fsp3) is 0.333. The number of nitrogens with one attached hydrogen (secondary N) is 2. The van der Waals surface area contributed by atoms with Crippen molar-refractivity contribution in [1.82, 2.24) is 25.2 Å². The van der Waals surface area contributed by atoms with Crippen molar-refractivity contribution in [1.29, 1.82) is 5.26 Å². The maximum Gasteiger partial charge on any atom is 0.280 e. The standard InChI is InChI=1S/C33H31FN8O3/c34-25-12-22(13-35)8-9-28(25)41-18-23-16-40(17-24(23)19-41)15-21-6-4-20(5-7-21)14-36-26-2-1-3-27-31(26)33(45)42(39-38-27)29-10-11-30(43)37-32(29)44/h1-9,12,23-24,29,36H,10-11,14-19H2,(H,37,43,44). The topological polar surface area (TPSA) is 136 Å². The number of piperidine rings is 1. The first-order chi connectivity index (χ1) is 21.9. The Kier molecular flexibility index (Phi) is 7.47. The minimum Gasteiger partial charge on any atom is -0.380 e. The van der Waals surface area contributed by atoms with E-state index >= 15 is 0 Å². The van der Waals surface area contributed by atoms with Crippen molar-refractivity contribution in [2.75, 3.05) is 36.4 Å². The number of likely N-dealkylation sites (tertiary alicyclic amines) is 1. The van der Waals surface area contributed by atoms with E-state index in [1.165, 1.54) is 11.6 Å². The first kappa shape index (κ1) is 28.6. The van der Waals surface area contributed by atoms with Gasteiger partial charge in [-0.05, 0) is 59.7 Å². The number of halogens is 1. The molecule has 0 aliphatic carbocycles. The van der Waals surface area contributed by atoms with Crippen molar-refractivity contribution in [3.8, 4) is 6.07 Å². The third-order valence-corrected chi connectivity index (χ3v) is 9.11. The molecule has 4 aromatic rings. The van der Waals surface area contributed by atoms with Crippen LogP contribution in [0.2, 0.25) is 0 Å². The van der Waals surface area contributed by atoms with Crippen molar-refractivity contribution in [3.05, 3.63) is 93.5 Å². The normalized spacial score (nSPS) is 21.5. The molecule has 1 aromatic heterocycles. The van der Waals surface area contributed by atoms with Crippen LogP contribution in [0.15, 0.2) is 65.5 Å². The van der Waals surface area contributed by atoms with Gasteiger partial charge in [0, 0.05) is 51.4 Å². The summed E-state index contributed by atoms with van der Waals surface area (Å²) >= 11 is 0. The number of carbonyl (C=O) groups is 2. The third-order valence-electron chi connectivity index (χ3n) is 9.11. The number of fused-ring (bicyclic) bond motifs is 2. The van der Waals surface area contributed by atoms with Crippen LogP contribution in [0.25, 0.3) is 10.9 Å².